The Labute approximate surface area is 93.4 Å². The molecule has 1 fully saturated rings. The molecule has 0 aliphatic carbocycles. The summed E-state index contributed by atoms with van der Waals surface area (Å²) in [5.74, 6) is 0. The molecule has 1 saturated heterocycles. The highest BCUT2D eigenvalue weighted by Crippen LogP contribution is 2.53. The third kappa shape index (κ3) is 1.76. The van der Waals surface area contributed by atoms with Crippen LogP contribution in [0.25, 0.3) is 0 Å². The minimum absolute atomic E-state index is 0.384. The molecule has 0 saturated carbocycles. The second-order valence-corrected chi connectivity index (χ2v) is 6.83. The summed E-state index contributed by atoms with van der Waals surface area (Å²) in [6.07, 6.45) is 0. The normalized spacial score (nSPS) is 20.0. The van der Waals surface area contributed by atoms with Crippen LogP contribution in [-0.4, -0.2) is 52.0 Å². The van der Waals surface area contributed by atoms with Crippen LogP contribution in [0.5, 0.6) is 0 Å². The lowest BCUT2D eigenvalue weighted by Crippen LogP contribution is -2.52. The van der Waals surface area contributed by atoms with Gasteiger partial charge in [0.15, 0.2) is 4.58 Å². The van der Waals surface area contributed by atoms with Crippen molar-refractivity contribution >= 4 is 43.5 Å². The zero-order valence-electron chi connectivity index (χ0n) is 7.94. The molecule has 1 rings (SSSR count). The molecule has 0 aromatic rings. The topological polar surface area (TPSA) is 43.9 Å². The molecule has 0 unspecified atom stereocenters. The van der Waals surface area contributed by atoms with E-state index in [0.717, 1.165) is 4.90 Å². The number of alkyl halides is 2. The van der Waals surface area contributed by atoms with Gasteiger partial charge in [-0.15, -0.1) is 0 Å². The predicted octanol–water partition coefficient (Wildman–Crippen LogP) is 2.11. The predicted molar refractivity (Wildman–Crippen MR) is 56.5 cm³/mol. The van der Waals surface area contributed by atoms with Crippen molar-refractivity contribution in [3.63, 3.8) is 0 Å². The van der Waals surface area contributed by atoms with Gasteiger partial charge in [0.25, 0.3) is 0 Å². The lowest BCUT2D eigenvalue weighted by molar-refractivity contribution is 0.168. The maximum atomic E-state index is 11.5. The molecule has 0 bridgehead atoms. The molecular formula is C6H10Cl2N3O2P. The van der Waals surface area contributed by atoms with Gasteiger partial charge in [0, 0.05) is 21.1 Å². The Morgan fingerprint density at radius 1 is 1.07 bits per heavy atom. The molecule has 8 heteroatoms. The minimum Gasteiger partial charge on any atom is -0.286 e. The van der Waals surface area contributed by atoms with Crippen molar-refractivity contribution in [1.29, 1.82) is 0 Å². The Hall–Kier alpha value is -0.250. The quantitative estimate of drug-likeness (QED) is 0.534. The van der Waals surface area contributed by atoms with E-state index in [4.69, 9.17) is 23.2 Å². The molecule has 4 amide bonds. The molecule has 0 aromatic carbocycles. The summed E-state index contributed by atoms with van der Waals surface area (Å²) in [6, 6.07) is -0.768. The number of hydrogen-bond acceptors (Lipinski definition) is 2. The Bertz CT molecular complexity index is 254. The van der Waals surface area contributed by atoms with Crippen molar-refractivity contribution in [2.45, 2.75) is 4.58 Å². The Morgan fingerprint density at radius 3 is 1.71 bits per heavy atom. The average molecular weight is 258 g/mol. The van der Waals surface area contributed by atoms with Gasteiger partial charge in [-0.05, 0) is 0 Å². The Kier molecular flexibility index (Phi) is 3.45. The van der Waals surface area contributed by atoms with E-state index >= 15 is 0 Å². The molecule has 0 atom stereocenters. The Morgan fingerprint density at radius 2 is 1.43 bits per heavy atom. The zero-order chi connectivity index (χ0) is 11.0. The first kappa shape index (κ1) is 11.8. The number of imide groups is 1. The number of carbonyl (C=O) groups excluding carboxylic acids is 2. The average Bonchev–Trinajstić information content (AvgIpc) is 2.11. The SMILES string of the molecule is CN1C(=O)N(C)P(C(Cl)Cl)N(C)C1=O. The van der Waals surface area contributed by atoms with Crippen LogP contribution in [0.3, 0.4) is 0 Å². The standard InChI is InChI=1S/C6H10Cl2N3O2P/c1-9-5(12)10(2)14(4(7)8)11(3)6(9)13/h4H,1-3H3. The highest BCUT2D eigenvalue weighted by molar-refractivity contribution is 7.59. The van der Waals surface area contributed by atoms with E-state index in [0.29, 0.717) is 0 Å². The van der Waals surface area contributed by atoms with Crippen LogP contribution >= 0.6 is 31.4 Å². The molecule has 0 spiro atoms. The van der Waals surface area contributed by atoms with Crippen LogP contribution in [0, 0.1) is 0 Å². The van der Waals surface area contributed by atoms with Crippen molar-refractivity contribution in [1.82, 2.24) is 14.2 Å². The van der Waals surface area contributed by atoms with E-state index < -0.39 is 12.8 Å². The number of carbonyl (C=O) groups is 2. The summed E-state index contributed by atoms with van der Waals surface area (Å²) in [7, 11) is 3.27. The molecule has 1 aliphatic heterocycles. The fraction of sp³-hybridized carbons (Fsp3) is 0.667. The first-order valence-corrected chi connectivity index (χ1v) is 5.93. The maximum absolute atomic E-state index is 11.5. The Balaban J connectivity index is 2.98. The number of nitrogens with zero attached hydrogens (tertiary/aromatic N) is 3. The number of hydrogen-bond donors (Lipinski definition) is 0. The van der Waals surface area contributed by atoms with Crippen molar-refractivity contribution in [3.8, 4) is 0 Å². The number of amides is 4. The molecule has 1 aliphatic rings. The summed E-state index contributed by atoms with van der Waals surface area (Å²) in [5, 5.41) is 0. The molecule has 5 nitrogen and oxygen atoms in total. The third-order valence-electron chi connectivity index (χ3n) is 1.92. The highest BCUT2D eigenvalue weighted by atomic mass is 35.5. The van der Waals surface area contributed by atoms with Crippen molar-refractivity contribution < 1.29 is 9.59 Å². The van der Waals surface area contributed by atoms with E-state index in [1.165, 1.54) is 16.4 Å². The van der Waals surface area contributed by atoms with Gasteiger partial charge >= 0.3 is 12.1 Å². The van der Waals surface area contributed by atoms with Gasteiger partial charge in [-0.1, -0.05) is 23.2 Å². The molecular weight excluding hydrogens is 248 g/mol. The van der Waals surface area contributed by atoms with E-state index in [1.54, 1.807) is 14.1 Å². The minimum atomic E-state index is -1.30. The van der Waals surface area contributed by atoms with Crippen LogP contribution in [0.15, 0.2) is 0 Å². The van der Waals surface area contributed by atoms with E-state index in [9.17, 15) is 9.59 Å². The van der Waals surface area contributed by atoms with Gasteiger partial charge in [0.1, 0.15) is 8.22 Å². The first-order valence-electron chi connectivity index (χ1n) is 3.74. The lowest BCUT2D eigenvalue weighted by Gasteiger charge is -2.42. The third-order valence-corrected chi connectivity index (χ3v) is 4.89. The van der Waals surface area contributed by atoms with E-state index in [-0.39, 0.29) is 12.1 Å². The molecule has 0 N–H and O–H groups in total. The van der Waals surface area contributed by atoms with Gasteiger partial charge in [-0.25, -0.2) is 14.5 Å². The van der Waals surface area contributed by atoms with Gasteiger partial charge in [-0.3, -0.25) is 9.34 Å². The van der Waals surface area contributed by atoms with E-state index in [1.807, 2.05) is 0 Å². The number of rotatable bonds is 1. The van der Waals surface area contributed by atoms with Gasteiger partial charge in [0.2, 0.25) is 0 Å². The first-order chi connectivity index (χ1) is 6.37. The molecule has 0 radical (unpaired) electrons. The zero-order valence-corrected chi connectivity index (χ0v) is 10.3. The second-order valence-electron chi connectivity index (χ2n) is 2.77. The molecule has 80 valence electrons. The fourth-order valence-electron chi connectivity index (χ4n) is 1.15. The lowest BCUT2D eigenvalue weighted by atomic mass is 10.7. The summed E-state index contributed by atoms with van der Waals surface area (Å²) in [6.45, 7) is 0. The van der Waals surface area contributed by atoms with Gasteiger partial charge in [-0.2, -0.15) is 0 Å². The molecule has 14 heavy (non-hydrogen) atoms. The van der Waals surface area contributed by atoms with Crippen molar-refractivity contribution in [2.75, 3.05) is 21.1 Å². The maximum Gasteiger partial charge on any atom is 0.332 e. The van der Waals surface area contributed by atoms with E-state index in [2.05, 4.69) is 0 Å². The van der Waals surface area contributed by atoms with Gasteiger partial charge < -0.3 is 0 Å². The summed E-state index contributed by atoms with van der Waals surface area (Å²) in [4.78, 5) is 24.0. The van der Waals surface area contributed by atoms with Crippen LogP contribution in [0.4, 0.5) is 9.59 Å². The van der Waals surface area contributed by atoms with Crippen molar-refractivity contribution in [3.05, 3.63) is 0 Å². The van der Waals surface area contributed by atoms with Crippen LogP contribution in [0.1, 0.15) is 0 Å². The molecule has 0 aromatic heterocycles. The fourth-order valence-corrected chi connectivity index (χ4v) is 4.27. The number of halogens is 2. The molecule has 1 heterocycles. The van der Waals surface area contributed by atoms with Crippen LogP contribution < -0.4 is 0 Å². The van der Waals surface area contributed by atoms with Gasteiger partial charge in [0.05, 0.1) is 0 Å². The summed E-state index contributed by atoms with van der Waals surface area (Å²) >= 11 is 11.4. The monoisotopic (exact) mass is 257 g/mol. The van der Waals surface area contributed by atoms with Crippen LogP contribution in [-0.2, 0) is 0 Å². The van der Waals surface area contributed by atoms with Crippen LogP contribution in [0.2, 0.25) is 0 Å². The largest absolute Gasteiger partial charge is 0.332 e. The highest BCUT2D eigenvalue weighted by Gasteiger charge is 2.41. The second kappa shape index (κ2) is 4.09. The number of urea groups is 2. The van der Waals surface area contributed by atoms with Crippen molar-refractivity contribution in [2.24, 2.45) is 0 Å². The smallest absolute Gasteiger partial charge is 0.286 e. The summed E-state index contributed by atoms with van der Waals surface area (Å²) in [5.41, 5.74) is 0. The summed E-state index contributed by atoms with van der Waals surface area (Å²) < 4.78 is 2.02.